The highest BCUT2D eigenvalue weighted by Crippen LogP contribution is 2.38. The molecule has 1 aliphatic heterocycles. The number of aliphatic hydroxyl groups excluding tert-OH is 1. The van der Waals surface area contributed by atoms with Gasteiger partial charge in [0.05, 0.1) is 18.1 Å². The maximum atomic E-state index is 12.3. The SMILES string of the molecule is CC1CCN(C(=O)NC2CCCC2(C)C(=O)O)C1CO. The number of carboxylic acid groups (broad SMARTS) is 1. The van der Waals surface area contributed by atoms with E-state index in [0.29, 0.717) is 19.4 Å². The van der Waals surface area contributed by atoms with Gasteiger partial charge in [0.1, 0.15) is 0 Å². The first-order valence-electron chi connectivity index (χ1n) is 7.31. The number of carbonyl (C=O) groups is 2. The Morgan fingerprint density at radius 1 is 1.40 bits per heavy atom. The van der Waals surface area contributed by atoms with Gasteiger partial charge in [0.2, 0.25) is 0 Å². The van der Waals surface area contributed by atoms with E-state index in [9.17, 15) is 19.8 Å². The van der Waals surface area contributed by atoms with Gasteiger partial charge in [0.25, 0.3) is 0 Å². The predicted molar refractivity (Wildman–Crippen MR) is 73.3 cm³/mol. The normalized spacial score (nSPS) is 37.1. The summed E-state index contributed by atoms with van der Waals surface area (Å²) in [7, 11) is 0. The first-order chi connectivity index (χ1) is 9.40. The second-order valence-electron chi connectivity index (χ2n) is 6.33. The van der Waals surface area contributed by atoms with Crippen molar-refractivity contribution in [2.24, 2.45) is 11.3 Å². The summed E-state index contributed by atoms with van der Waals surface area (Å²) in [5.41, 5.74) is -0.879. The monoisotopic (exact) mass is 284 g/mol. The minimum Gasteiger partial charge on any atom is -0.481 e. The van der Waals surface area contributed by atoms with Crippen molar-refractivity contribution in [3.8, 4) is 0 Å². The van der Waals surface area contributed by atoms with Crippen LogP contribution in [0.15, 0.2) is 0 Å². The molecule has 0 aromatic carbocycles. The predicted octanol–water partition coefficient (Wildman–Crippen LogP) is 1.04. The molecule has 1 aliphatic carbocycles. The van der Waals surface area contributed by atoms with Gasteiger partial charge >= 0.3 is 12.0 Å². The number of nitrogens with zero attached hydrogens (tertiary/aromatic N) is 1. The highest BCUT2D eigenvalue weighted by Gasteiger charge is 2.47. The number of carbonyl (C=O) groups excluding carboxylic acids is 1. The van der Waals surface area contributed by atoms with Crippen molar-refractivity contribution >= 4 is 12.0 Å². The van der Waals surface area contributed by atoms with Crippen molar-refractivity contribution < 1.29 is 19.8 Å². The molecule has 0 radical (unpaired) electrons. The number of rotatable bonds is 3. The summed E-state index contributed by atoms with van der Waals surface area (Å²) in [5, 5.41) is 21.6. The lowest BCUT2D eigenvalue weighted by atomic mass is 9.85. The Balaban J connectivity index is 2.03. The van der Waals surface area contributed by atoms with Crippen LogP contribution < -0.4 is 5.32 Å². The minimum absolute atomic E-state index is 0.0462. The topological polar surface area (TPSA) is 89.9 Å². The summed E-state index contributed by atoms with van der Waals surface area (Å²) in [6.07, 6.45) is 2.97. The average Bonchev–Trinajstić information content (AvgIpc) is 2.94. The Bertz CT molecular complexity index is 401. The summed E-state index contributed by atoms with van der Waals surface area (Å²) < 4.78 is 0. The van der Waals surface area contributed by atoms with Crippen LogP contribution in [0, 0.1) is 11.3 Å². The number of hydrogen-bond acceptors (Lipinski definition) is 3. The van der Waals surface area contributed by atoms with Gasteiger partial charge in [-0.3, -0.25) is 4.79 Å². The Morgan fingerprint density at radius 3 is 2.70 bits per heavy atom. The molecule has 4 unspecified atom stereocenters. The van der Waals surface area contributed by atoms with Crippen LogP contribution in [-0.4, -0.2) is 52.3 Å². The van der Waals surface area contributed by atoms with Crippen LogP contribution in [0.25, 0.3) is 0 Å². The highest BCUT2D eigenvalue weighted by molar-refractivity contribution is 5.79. The molecule has 2 rings (SSSR count). The van der Waals surface area contributed by atoms with Crippen LogP contribution in [-0.2, 0) is 4.79 Å². The number of hydrogen-bond donors (Lipinski definition) is 3. The van der Waals surface area contributed by atoms with Crippen LogP contribution in [0.1, 0.15) is 39.5 Å². The number of aliphatic hydroxyl groups is 1. The van der Waals surface area contributed by atoms with E-state index >= 15 is 0 Å². The van der Waals surface area contributed by atoms with Crippen LogP contribution in [0.4, 0.5) is 4.79 Å². The number of amides is 2. The second kappa shape index (κ2) is 5.60. The van der Waals surface area contributed by atoms with Crippen molar-refractivity contribution in [2.75, 3.05) is 13.2 Å². The quantitative estimate of drug-likeness (QED) is 0.722. The highest BCUT2D eigenvalue weighted by atomic mass is 16.4. The smallest absolute Gasteiger partial charge is 0.317 e. The molecule has 3 N–H and O–H groups in total. The third-order valence-electron chi connectivity index (χ3n) is 5.07. The molecule has 2 aliphatic rings. The number of aliphatic carboxylic acids is 1. The van der Waals surface area contributed by atoms with Crippen molar-refractivity contribution in [1.29, 1.82) is 0 Å². The molecular formula is C14H24N2O4. The molecule has 4 atom stereocenters. The van der Waals surface area contributed by atoms with Gasteiger partial charge < -0.3 is 20.4 Å². The van der Waals surface area contributed by atoms with E-state index in [-0.39, 0.29) is 30.6 Å². The van der Waals surface area contributed by atoms with Gasteiger partial charge in [-0.25, -0.2) is 4.79 Å². The van der Waals surface area contributed by atoms with Gasteiger partial charge in [-0.15, -0.1) is 0 Å². The molecule has 0 spiro atoms. The first kappa shape index (κ1) is 15.1. The zero-order chi connectivity index (χ0) is 14.9. The number of carboxylic acids is 1. The molecule has 0 bridgehead atoms. The van der Waals surface area contributed by atoms with Gasteiger partial charge in [-0.05, 0) is 32.1 Å². The average molecular weight is 284 g/mol. The van der Waals surface area contributed by atoms with E-state index in [0.717, 1.165) is 12.8 Å². The van der Waals surface area contributed by atoms with Crippen LogP contribution in [0.3, 0.4) is 0 Å². The third-order valence-corrected chi connectivity index (χ3v) is 5.07. The summed E-state index contributed by atoms with van der Waals surface area (Å²) in [4.78, 5) is 25.4. The lowest BCUT2D eigenvalue weighted by molar-refractivity contribution is -0.148. The Labute approximate surface area is 119 Å². The van der Waals surface area contributed by atoms with E-state index < -0.39 is 11.4 Å². The largest absolute Gasteiger partial charge is 0.481 e. The molecule has 1 saturated heterocycles. The maximum absolute atomic E-state index is 12.3. The molecular weight excluding hydrogens is 260 g/mol. The fourth-order valence-corrected chi connectivity index (χ4v) is 3.42. The lowest BCUT2D eigenvalue weighted by Gasteiger charge is -2.32. The van der Waals surface area contributed by atoms with E-state index in [2.05, 4.69) is 5.32 Å². The Hall–Kier alpha value is -1.30. The summed E-state index contributed by atoms with van der Waals surface area (Å²) in [5.74, 6) is -0.575. The van der Waals surface area contributed by atoms with Crippen LogP contribution in [0.2, 0.25) is 0 Å². The maximum Gasteiger partial charge on any atom is 0.317 e. The van der Waals surface area contributed by atoms with Gasteiger partial charge in [0.15, 0.2) is 0 Å². The summed E-state index contributed by atoms with van der Waals surface area (Å²) in [6, 6.07) is -0.733. The molecule has 1 heterocycles. The summed E-state index contributed by atoms with van der Waals surface area (Å²) in [6.45, 7) is 4.29. The first-order valence-corrected chi connectivity index (χ1v) is 7.31. The zero-order valence-corrected chi connectivity index (χ0v) is 12.1. The van der Waals surface area contributed by atoms with E-state index in [4.69, 9.17) is 0 Å². The van der Waals surface area contributed by atoms with E-state index in [1.165, 1.54) is 0 Å². The van der Waals surface area contributed by atoms with Crippen molar-refractivity contribution in [2.45, 2.75) is 51.6 Å². The van der Waals surface area contributed by atoms with Gasteiger partial charge in [-0.2, -0.15) is 0 Å². The van der Waals surface area contributed by atoms with E-state index in [1.54, 1.807) is 11.8 Å². The Morgan fingerprint density at radius 2 is 2.10 bits per heavy atom. The molecule has 114 valence electrons. The van der Waals surface area contributed by atoms with Gasteiger partial charge in [-0.1, -0.05) is 13.3 Å². The fraction of sp³-hybridized carbons (Fsp3) is 0.857. The van der Waals surface area contributed by atoms with Crippen molar-refractivity contribution in [3.63, 3.8) is 0 Å². The molecule has 2 amide bonds. The van der Waals surface area contributed by atoms with Crippen LogP contribution >= 0.6 is 0 Å². The van der Waals surface area contributed by atoms with E-state index in [1.807, 2.05) is 6.92 Å². The lowest BCUT2D eigenvalue weighted by Crippen LogP contribution is -2.53. The molecule has 6 nitrogen and oxygen atoms in total. The zero-order valence-electron chi connectivity index (χ0n) is 12.1. The standard InChI is InChI=1S/C14H24N2O4/c1-9-5-7-16(10(9)8-17)13(20)15-11-4-3-6-14(11,2)12(18)19/h9-11,17H,3-8H2,1-2H3,(H,15,20)(H,18,19). The number of urea groups is 1. The second-order valence-corrected chi connectivity index (χ2v) is 6.33. The van der Waals surface area contributed by atoms with Crippen LogP contribution in [0.5, 0.6) is 0 Å². The minimum atomic E-state index is -0.879. The Kier molecular flexibility index (Phi) is 4.22. The fourth-order valence-electron chi connectivity index (χ4n) is 3.42. The summed E-state index contributed by atoms with van der Waals surface area (Å²) >= 11 is 0. The number of likely N-dealkylation sites (tertiary alicyclic amines) is 1. The molecule has 0 aromatic rings. The molecule has 0 aromatic heterocycles. The van der Waals surface area contributed by atoms with Crippen molar-refractivity contribution in [3.05, 3.63) is 0 Å². The van der Waals surface area contributed by atoms with Gasteiger partial charge in [0, 0.05) is 12.6 Å². The number of nitrogens with one attached hydrogen (secondary N) is 1. The molecule has 6 heteroatoms. The molecule has 2 fully saturated rings. The molecule has 20 heavy (non-hydrogen) atoms. The van der Waals surface area contributed by atoms with Crippen molar-refractivity contribution in [1.82, 2.24) is 10.2 Å². The third kappa shape index (κ3) is 2.49. The molecule has 1 saturated carbocycles.